The molecule has 0 radical (unpaired) electrons. The highest BCUT2D eigenvalue weighted by Gasteiger charge is 2.17. The number of rotatable bonds is 5. The predicted octanol–water partition coefficient (Wildman–Crippen LogP) is -0.196. The summed E-state index contributed by atoms with van der Waals surface area (Å²) in [6.07, 6.45) is 0.873. The summed E-state index contributed by atoms with van der Waals surface area (Å²) in [6.45, 7) is 3.29. The van der Waals surface area contributed by atoms with Gasteiger partial charge in [0.05, 0.1) is 6.04 Å². The third kappa shape index (κ3) is 4.08. The van der Waals surface area contributed by atoms with Crippen LogP contribution in [0.15, 0.2) is 0 Å². The van der Waals surface area contributed by atoms with E-state index in [0.717, 1.165) is 0 Å². The van der Waals surface area contributed by atoms with Crippen molar-refractivity contribution in [3.63, 3.8) is 0 Å². The standard InChI is InChI=1S/C8H16N2O2/c1-5(3-4-7(9)12)8(10)6(2)11/h5,8H,3-4,10H2,1-2H3,(H2,9,12). The number of hydrogen-bond acceptors (Lipinski definition) is 3. The van der Waals surface area contributed by atoms with Gasteiger partial charge in [0.25, 0.3) is 0 Å². The highest BCUT2D eigenvalue weighted by molar-refractivity contribution is 5.81. The van der Waals surface area contributed by atoms with Crippen molar-refractivity contribution in [1.82, 2.24) is 0 Å². The minimum Gasteiger partial charge on any atom is -0.370 e. The molecule has 4 N–H and O–H groups in total. The molecule has 2 unspecified atom stereocenters. The fourth-order valence-electron chi connectivity index (χ4n) is 0.950. The Morgan fingerprint density at radius 2 is 1.92 bits per heavy atom. The zero-order valence-electron chi connectivity index (χ0n) is 7.54. The summed E-state index contributed by atoms with van der Waals surface area (Å²) in [5, 5.41) is 0. The first-order chi connectivity index (χ1) is 5.45. The number of hydrogen-bond donors (Lipinski definition) is 2. The molecule has 0 bridgehead atoms. The highest BCUT2D eigenvalue weighted by atomic mass is 16.1. The third-order valence-corrected chi connectivity index (χ3v) is 1.93. The van der Waals surface area contributed by atoms with Crippen molar-refractivity contribution in [3.05, 3.63) is 0 Å². The summed E-state index contributed by atoms with van der Waals surface area (Å²) in [6, 6.07) is -0.468. The van der Waals surface area contributed by atoms with Gasteiger partial charge in [-0.1, -0.05) is 6.92 Å². The molecule has 70 valence electrons. The third-order valence-electron chi connectivity index (χ3n) is 1.93. The second-order valence-electron chi connectivity index (χ2n) is 3.12. The molecule has 1 amide bonds. The van der Waals surface area contributed by atoms with Crippen molar-refractivity contribution < 1.29 is 9.59 Å². The summed E-state index contributed by atoms with van der Waals surface area (Å²) >= 11 is 0. The van der Waals surface area contributed by atoms with E-state index in [4.69, 9.17) is 11.5 Å². The van der Waals surface area contributed by atoms with Gasteiger partial charge in [-0.05, 0) is 19.3 Å². The molecule has 0 heterocycles. The van der Waals surface area contributed by atoms with Gasteiger partial charge in [-0.3, -0.25) is 9.59 Å². The van der Waals surface area contributed by atoms with E-state index in [9.17, 15) is 9.59 Å². The molecular weight excluding hydrogens is 156 g/mol. The van der Waals surface area contributed by atoms with Gasteiger partial charge in [-0.15, -0.1) is 0 Å². The largest absolute Gasteiger partial charge is 0.370 e. The van der Waals surface area contributed by atoms with Gasteiger partial charge in [-0.25, -0.2) is 0 Å². The Balaban J connectivity index is 3.79. The van der Waals surface area contributed by atoms with E-state index in [2.05, 4.69) is 0 Å². The molecule has 0 aliphatic heterocycles. The maximum atomic E-state index is 10.8. The van der Waals surface area contributed by atoms with Crippen LogP contribution in [-0.2, 0) is 9.59 Å². The van der Waals surface area contributed by atoms with Crippen LogP contribution >= 0.6 is 0 Å². The van der Waals surface area contributed by atoms with Gasteiger partial charge in [0.15, 0.2) is 0 Å². The lowest BCUT2D eigenvalue weighted by molar-refractivity contribution is -0.121. The highest BCUT2D eigenvalue weighted by Crippen LogP contribution is 2.09. The van der Waals surface area contributed by atoms with Crippen LogP contribution in [0.3, 0.4) is 0 Å². The molecule has 2 atom stereocenters. The van der Waals surface area contributed by atoms with Crippen LogP contribution in [0.1, 0.15) is 26.7 Å². The molecule has 0 spiro atoms. The van der Waals surface area contributed by atoms with Gasteiger partial charge in [0.1, 0.15) is 5.78 Å². The lowest BCUT2D eigenvalue weighted by Gasteiger charge is -2.15. The van der Waals surface area contributed by atoms with Crippen LogP contribution in [0.2, 0.25) is 0 Å². The zero-order valence-corrected chi connectivity index (χ0v) is 7.54. The number of primary amides is 1. The Bertz CT molecular complexity index is 180. The van der Waals surface area contributed by atoms with Crippen molar-refractivity contribution >= 4 is 11.7 Å². The molecule has 0 aliphatic carbocycles. The Morgan fingerprint density at radius 1 is 1.42 bits per heavy atom. The fraction of sp³-hybridized carbons (Fsp3) is 0.750. The number of nitrogens with two attached hydrogens (primary N) is 2. The molecule has 0 aromatic carbocycles. The van der Waals surface area contributed by atoms with Gasteiger partial charge in [0, 0.05) is 6.42 Å². The molecular formula is C8H16N2O2. The van der Waals surface area contributed by atoms with Gasteiger partial charge < -0.3 is 11.5 Å². The Morgan fingerprint density at radius 3 is 2.25 bits per heavy atom. The maximum absolute atomic E-state index is 10.8. The minimum absolute atomic E-state index is 0.0231. The average Bonchev–Trinajstić information content (AvgIpc) is 1.98. The molecule has 4 nitrogen and oxygen atoms in total. The number of carbonyl (C=O) groups is 2. The smallest absolute Gasteiger partial charge is 0.217 e. The normalized spacial score (nSPS) is 15.2. The zero-order chi connectivity index (χ0) is 9.72. The second-order valence-corrected chi connectivity index (χ2v) is 3.12. The van der Waals surface area contributed by atoms with Crippen LogP contribution in [0, 0.1) is 5.92 Å². The van der Waals surface area contributed by atoms with E-state index in [1.165, 1.54) is 6.92 Å². The quantitative estimate of drug-likeness (QED) is 0.602. The second kappa shape index (κ2) is 4.87. The summed E-state index contributed by atoms with van der Waals surface area (Å²) in [5.41, 5.74) is 10.5. The van der Waals surface area contributed by atoms with E-state index in [1.807, 2.05) is 6.92 Å². The average molecular weight is 172 g/mol. The van der Waals surface area contributed by atoms with Crippen molar-refractivity contribution in [3.8, 4) is 0 Å². The molecule has 0 saturated carbocycles. The van der Waals surface area contributed by atoms with Gasteiger partial charge in [0.2, 0.25) is 5.91 Å². The maximum Gasteiger partial charge on any atom is 0.217 e. The minimum atomic E-state index is -0.468. The molecule has 4 heteroatoms. The number of amides is 1. The van der Waals surface area contributed by atoms with Crippen molar-refractivity contribution in [2.75, 3.05) is 0 Å². The van der Waals surface area contributed by atoms with Gasteiger partial charge >= 0.3 is 0 Å². The van der Waals surface area contributed by atoms with Crippen LogP contribution in [0.25, 0.3) is 0 Å². The lowest BCUT2D eigenvalue weighted by atomic mass is 9.95. The van der Waals surface area contributed by atoms with Crippen molar-refractivity contribution in [1.29, 1.82) is 0 Å². The Labute approximate surface area is 72.3 Å². The lowest BCUT2D eigenvalue weighted by Crippen LogP contribution is -2.35. The Kier molecular flexibility index (Phi) is 4.51. The van der Waals surface area contributed by atoms with E-state index in [0.29, 0.717) is 12.8 Å². The summed E-state index contributed by atoms with van der Waals surface area (Å²) in [7, 11) is 0. The SMILES string of the molecule is CC(=O)C(N)C(C)CCC(N)=O. The topological polar surface area (TPSA) is 86.2 Å². The first kappa shape index (κ1) is 11.1. The summed E-state index contributed by atoms with van der Waals surface area (Å²) in [5.74, 6) is -0.375. The van der Waals surface area contributed by atoms with E-state index in [-0.39, 0.29) is 17.6 Å². The first-order valence-corrected chi connectivity index (χ1v) is 3.99. The van der Waals surface area contributed by atoms with E-state index >= 15 is 0 Å². The monoisotopic (exact) mass is 172 g/mol. The fourth-order valence-corrected chi connectivity index (χ4v) is 0.950. The van der Waals surface area contributed by atoms with Crippen LogP contribution in [0.5, 0.6) is 0 Å². The number of carbonyl (C=O) groups excluding carboxylic acids is 2. The molecule has 0 aromatic rings. The Hall–Kier alpha value is -0.900. The van der Waals surface area contributed by atoms with Crippen molar-refractivity contribution in [2.24, 2.45) is 17.4 Å². The predicted molar refractivity (Wildman–Crippen MR) is 46.2 cm³/mol. The number of Topliss-reactive ketones (excluding diaryl/α,β-unsaturated/α-hetero) is 1. The van der Waals surface area contributed by atoms with Crippen LogP contribution in [-0.4, -0.2) is 17.7 Å². The summed E-state index contributed by atoms with van der Waals surface area (Å²) in [4.78, 5) is 21.2. The molecule has 0 rings (SSSR count). The van der Waals surface area contributed by atoms with Crippen molar-refractivity contribution in [2.45, 2.75) is 32.7 Å². The molecule has 0 aromatic heterocycles. The van der Waals surface area contributed by atoms with Crippen LogP contribution < -0.4 is 11.5 Å². The molecule has 0 fully saturated rings. The number of ketones is 1. The van der Waals surface area contributed by atoms with Crippen LogP contribution in [0.4, 0.5) is 0 Å². The van der Waals surface area contributed by atoms with E-state index in [1.54, 1.807) is 0 Å². The van der Waals surface area contributed by atoms with E-state index < -0.39 is 6.04 Å². The molecule has 0 aliphatic rings. The molecule has 0 saturated heterocycles. The summed E-state index contributed by atoms with van der Waals surface area (Å²) < 4.78 is 0. The van der Waals surface area contributed by atoms with Gasteiger partial charge in [-0.2, -0.15) is 0 Å². The first-order valence-electron chi connectivity index (χ1n) is 3.99. The molecule has 12 heavy (non-hydrogen) atoms.